The molecule has 0 aliphatic rings. The number of carbonyl (C=O) groups is 1. The number of benzene rings is 3. The number of carbonyl (C=O) groups excluding carboxylic acids is 1. The first kappa shape index (κ1) is 23.2. The van der Waals surface area contributed by atoms with Gasteiger partial charge in [-0.05, 0) is 40.8 Å². The largest absolute Gasteiger partial charge is 0.378 e. The van der Waals surface area contributed by atoms with Gasteiger partial charge in [-0.15, -0.1) is 5.10 Å². The SMILES string of the molecule is CN(C)c1ccc(CNc2nc(-c3ccccc3)nn2C(=O)c2ccc(C(C)(C)C)cc2)cc1. The van der Waals surface area contributed by atoms with E-state index in [1.807, 2.05) is 68.7 Å². The molecule has 1 N–H and O–H groups in total. The van der Waals surface area contributed by atoms with Crippen molar-refractivity contribution < 1.29 is 4.79 Å². The van der Waals surface area contributed by atoms with Crippen molar-refractivity contribution in [2.75, 3.05) is 24.3 Å². The van der Waals surface area contributed by atoms with Crippen LogP contribution in [-0.4, -0.2) is 34.8 Å². The number of anilines is 2. The fourth-order valence-corrected chi connectivity index (χ4v) is 3.61. The number of rotatable bonds is 6. The second-order valence-corrected chi connectivity index (χ2v) is 9.58. The van der Waals surface area contributed by atoms with Crippen LogP contribution in [0.5, 0.6) is 0 Å². The average Bonchev–Trinajstić information content (AvgIpc) is 3.27. The summed E-state index contributed by atoms with van der Waals surface area (Å²) in [4.78, 5) is 20.1. The minimum atomic E-state index is -0.222. The maximum absolute atomic E-state index is 13.4. The highest BCUT2D eigenvalue weighted by Crippen LogP contribution is 2.24. The van der Waals surface area contributed by atoms with Gasteiger partial charge >= 0.3 is 0 Å². The van der Waals surface area contributed by atoms with E-state index in [4.69, 9.17) is 0 Å². The summed E-state index contributed by atoms with van der Waals surface area (Å²) in [5.41, 5.74) is 4.83. The molecule has 0 saturated carbocycles. The Balaban J connectivity index is 1.63. The normalized spacial score (nSPS) is 11.3. The maximum Gasteiger partial charge on any atom is 0.281 e. The third-order valence-corrected chi connectivity index (χ3v) is 5.73. The molecule has 0 atom stereocenters. The van der Waals surface area contributed by atoms with E-state index >= 15 is 0 Å². The Morgan fingerprint density at radius 1 is 0.912 bits per heavy atom. The highest BCUT2D eigenvalue weighted by molar-refractivity contribution is 5.97. The van der Waals surface area contributed by atoms with Gasteiger partial charge in [0.15, 0.2) is 5.82 Å². The molecule has 4 aromatic rings. The van der Waals surface area contributed by atoms with Crippen molar-refractivity contribution in [2.45, 2.75) is 32.7 Å². The van der Waals surface area contributed by atoms with E-state index in [0.29, 0.717) is 23.9 Å². The summed E-state index contributed by atoms with van der Waals surface area (Å²) in [5.74, 6) is 0.701. The topological polar surface area (TPSA) is 63.0 Å². The Bertz CT molecular complexity index is 1250. The number of nitrogens with zero attached hydrogens (tertiary/aromatic N) is 4. The average molecular weight is 454 g/mol. The molecule has 0 bridgehead atoms. The summed E-state index contributed by atoms with van der Waals surface area (Å²) in [5, 5.41) is 7.87. The van der Waals surface area contributed by atoms with Gasteiger partial charge in [0, 0.05) is 37.5 Å². The Morgan fingerprint density at radius 3 is 2.15 bits per heavy atom. The lowest BCUT2D eigenvalue weighted by Crippen LogP contribution is -2.18. The zero-order valence-corrected chi connectivity index (χ0v) is 20.4. The third-order valence-electron chi connectivity index (χ3n) is 5.73. The Labute approximate surface area is 201 Å². The lowest BCUT2D eigenvalue weighted by Gasteiger charge is -2.19. The monoisotopic (exact) mass is 453 g/mol. The Morgan fingerprint density at radius 2 is 1.56 bits per heavy atom. The summed E-state index contributed by atoms with van der Waals surface area (Å²) < 4.78 is 1.36. The molecule has 0 unspecified atom stereocenters. The molecule has 0 spiro atoms. The van der Waals surface area contributed by atoms with Crippen LogP contribution < -0.4 is 10.2 Å². The van der Waals surface area contributed by atoms with Gasteiger partial charge in [0.25, 0.3) is 5.91 Å². The van der Waals surface area contributed by atoms with E-state index < -0.39 is 0 Å². The van der Waals surface area contributed by atoms with Crippen molar-refractivity contribution in [2.24, 2.45) is 0 Å². The molecule has 1 heterocycles. The molecule has 34 heavy (non-hydrogen) atoms. The predicted octanol–water partition coefficient (Wildman–Crippen LogP) is 5.61. The number of hydrogen-bond acceptors (Lipinski definition) is 5. The summed E-state index contributed by atoms with van der Waals surface area (Å²) in [6.45, 7) is 6.98. The fourth-order valence-electron chi connectivity index (χ4n) is 3.61. The molecule has 174 valence electrons. The molecule has 0 aliphatic carbocycles. The minimum absolute atomic E-state index is 0.0180. The van der Waals surface area contributed by atoms with Gasteiger partial charge in [0.1, 0.15) is 0 Å². The Kier molecular flexibility index (Phi) is 6.50. The first-order valence-corrected chi connectivity index (χ1v) is 11.4. The molecule has 0 amide bonds. The molecule has 0 aliphatic heterocycles. The standard InChI is InChI=1S/C28H31N5O/c1-28(2,3)23-15-13-22(14-16-23)26(34)33-27(30-25(31-33)21-9-7-6-8-10-21)29-19-20-11-17-24(18-12-20)32(4)5/h6-18H,19H2,1-5H3,(H,29,30,31). The van der Waals surface area contributed by atoms with Crippen LogP contribution in [0.3, 0.4) is 0 Å². The van der Waals surface area contributed by atoms with E-state index in [1.165, 1.54) is 10.2 Å². The van der Waals surface area contributed by atoms with Crippen LogP contribution in [0.25, 0.3) is 11.4 Å². The summed E-state index contributed by atoms with van der Waals surface area (Å²) in [7, 11) is 4.03. The van der Waals surface area contributed by atoms with E-state index in [0.717, 1.165) is 16.8 Å². The summed E-state index contributed by atoms with van der Waals surface area (Å²) in [6.07, 6.45) is 0. The van der Waals surface area contributed by atoms with Crippen molar-refractivity contribution in [3.63, 3.8) is 0 Å². The summed E-state index contributed by atoms with van der Waals surface area (Å²) >= 11 is 0. The number of hydrogen-bond donors (Lipinski definition) is 1. The van der Waals surface area contributed by atoms with Crippen LogP contribution in [0, 0.1) is 0 Å². The van der Waals surface area contributed by atoms with Gasteiger partial charge in [0.05, 0.1) is 0 Å². The molecule has 0 radical (unpaired) electrons. The number of nitrogens with one attached hydrogen (secondary N) is 1. The van der Waals surface area contributed by atoms with E-state index in [1.54, 1.807) is 0 Å². The number of aromatic nitrogens is 3. The van der Waals surface area contributed by atoms with Crippen LogP contribution in [0.15, 0.2) is 78.9 Å². The minimum Gasteiger partial charge on any atom is -0.378 e. The fraction of sp³-hybridized carbons (Fsp3) is 0.250. The van der Waals surface area contributed by atoms with Crippen LogP contribution >= 0.6 is 0 Å². The van der Waals surface area contributed by atoms with Crippen molar-refractivity contribution >= 4 is 17.5 Å². The quantitative estimate of drug-likeness (QED) is 0.411. The van der Waals surface area contributed by atoms with Crippen molar-refractivity contribution in [3.8, 4) is 11.4 Å². The molecule has 3 aromatic carbocycles. The van der Waals surface area contributed by atoms with Gasteiger partial charge < -0.3 is 10.2 Å². The van der Waals surface area contributed by atoms with Crippen LogP contribution in [-0.2, 0) is 12.0 Å². The zero-order chi connectivity index (χ0) is 24.3. The van der Waals surface area contributed by atoms with E-state index in [2.05, 4.69) is 65.3 Å². The molecule has 6 nitrogen and oxygen atoms in total. The second-order valence-electron chi connectivity index (χ2n) is 9.58. The molecule has 6 heteroatoms. The maximum atomic E-state index is 13.4. The highest BCUT2D eigenvalue weighted by Gasteiger charge is 2.20. The van der Waals surface area contributed by atoms with Crippen molar-refractivity contribution in [1.82, 2.24) is 14.8 Å². The predicted molar refractivity (Wildman–Crippen MR) is 138 cm³/mol. The van der Waals surface area contributed by atoms with Gasteiger partial charge in [-0.25, -0.2) is 0 Å². The van der Waals surface area contributed by atoms with Gasteiger partial charge in [-0.2, -0.15) is 9.67 Å². The van der Waals surface area contributed by atoms with Crippen LogP contribution in [0.4, 0.5) is 11.6 Å². The van der Waals surface area contributed by atoms with Gasteiger partial charge in [-0.3, -0.25) is 4.79 Å². The highest BCUT2D eigenvalue weighted by atomic mass is 16.2. The molecule has 4 rings (SSSR count). The first-order valence-electron chi connectivity index (χ1n) is 11.4. The third kappa shape index (κ3) is 5.17. The van der Waals surface area contributed by atoms with E-state index in [-0.39, 0.29) is 11.3 Å². The zero-order valence-electron chi connectivity index (χ0n) is 20.4. The molecular formula is C28H31N5O. The summed E-state index contributed by atoms with van der Waals surface area (Å²) in [6, 6.07) is 25.7. The second kappa shape index (κ2) is 9.51. The van der Waals surface area contributed by atoms with E-state index in [9.17, 15) is 4.79 Å². The first-order chi connectivity index (χ1) is 16.2. The molecule has 0 fully saturated rings. The van der Waals surface area contributed by atoms with Crippen molar-refractivity contribution in [1.29, 1.82) is 0 Å². The molecule has 0 saturated heterocycles. The lowest BCUT2D eigenvalue weighted by molar-refractivity contribution is 0.0947. The lowest BCUT2D eigenvalue weighted by atomic mass is 9.87. The smallest absolute Gasteiger partial charge is 0.281 e. The molecular weight excluding hydrogens is 422 g/mol. The Hall–Kier alpha value is -3.93. The van der Waals surface area contributed by atoms with Crippen LogP contribution in [0.2, 0.25) is 0 Å². The molecule has 1 aromatic heterocycles. The van der Waals surface area contributed by atoms with Crippen molar-refractivity contribution in [3.05, 3.63) is 95.6 Å². The van der Waals surface area contributed by atoms with Gasteiger partial charge in [-0.1, -0.05) is 75.4 Å². The van der Waals surface area contributed by atoms with Gasteiger partial charge in [0.2, 0.25) is 5.95 Å². The van der Waals surface area contributed by atoms with Crippen LogP contribution in [0.1, 0.15) is 42.3 Å².